The van der Waals surface area contributed by atoms with Gasteiger partial charge in [-0.15, -0.1) is 0 Å². The summed E-state index contributed by atoms with van der Waals surface area (Å²) in [6, 6.07) is 0.315. The van der Waals surface area contributed by atoms with E-state index in [-0.39, 0.29) is 6.03 Å². The average Bonchev–Trinajstić information content (AvgIpc) is 3.17. The molecule has 2 aliphatic carbocycles. The number of amides is 2. The maximum absolute atomic E-state index is 11.6. The second-order valence-electron chi connectivity index (χ2n) is 5.13. The highest BCUT2D eigenvalue weighted by Crippen LogP contribution is 2.35. The first-order chi connectivity index (χ1) is 8.57. The van der Waals surface area contributed by atoms with Crippen molar-refractivity contribution < 1.29 is 14.7 Å². The van der Waals surface area contributed by atoms with Crippen molar-refractivity contribution >= 4 is 12.0 Å². The standard InChI is InChI=1S/C12H21N3O3/c1-2-15(9-3-4-9)8-7-13-11(18)14-12(5-6-12)10(16)17/h9H,2-8H2,1H3,(H,16,17)(H2,13,14,18). The Kier molecular flexibility index (Phi) is 3.75. The van der Waals surface area contributed by atoms with Crippen LogP contribution >= 0.6 is 0 Å². The quantitative estimate of drug-likeness (QED) is 0.614. The third-order valence-electron chi connectivity index (χ3n) is 3.67. The Morgan fingerprint density at radius 2 is 2.06 bits per heavy atom. The second kappa shape index (κ2) is 5.14. The summed E-state index contributed by atoms with van der Waals surface area (Å²) in [5.74, 6) is -0.939. The molecule has 0 bridgehead atoms. The van der Waals surface area contributed by atoms with Crippen LogP contribution in [-0.2, 0) is 4.79 Å². The molecule has 0 aromatic heterocycles. The van der Waals surface area contributed by atoms with Crippen LogP contribution in [0.1, 0.15) is 32.6 Å². The van der Waals surface area contributed by atoms with Crippen LogP contribution < -0.4 is 10.6 Å². The largest absolute Gasteiger partial charge is 0.480 e. The zero-order valence-electron chi connectivity index (χ0n) is 10.7. The first-order valence-electron chi connectivity index (χ1n) is 6.61. The fourth-order valence-electron chi connectivity index (χ4n) is 2.13. The molecule has 0 unspecified atom stereocenters. The van der Waals surface area contributed by atoms with Gasteiger partial charge in [-0.1, -0.05) is 6.92 Å². The van der Waals surface area contributed by atoms with Gasteiger partial charge in [0.15, 0.2) is 0 Å². The zero-order chi connectivity index (χ0) is 13.2. The van der Waals surface area contributed by atoms with Crippen LogP contribution in [0.4, 0.5) is 4.79 Å². The zero-order valence-corrected chi connectivity index (χ0v) is 10.7. The molecule has 0 saturated heterocycles. The van der Waals surface area contributed by atoms with Crippen LogP contribution in [0, 0.1) is 0 Å². The predicted octanol–water partition coefficient (Wildman–Crippen LogP) is 0.387. The molecular formula is C12H21N3O3. The summed E-state index contributed by atoms with van der Waals surface area (Å²) in [5, 5.41) is 14.2. The summed E-state index contributed by atoms with van der Waals surface area (Å²) in [4.78, 5) is 24.8. The molecule has 0 aromatic rings. The highest BCUT2D eigenvalue weighted by Gasteiger charge is 2.51. The van der Waals surface area contributed by atoms with E-state index in [2.05, 4.69) is 22.5 Å². The van der Waals surface area contributed by atoms with Gasteiger partial charge in [0.1, 0.15) is 5.54 Å². The van der Waals surface area contributed by atoms with Gasteiger partial charge in [-0.2, -0.15) is 0 Å². The smallest absolute Gasteiger partial charge is 0.329 e. The summed E-state index contributed by atoms with van der Waals surface area (Å²) < 4.78 is 0. The molecule has 2 saturated carbocycles. The van der Waals surface area contributed by atoms with Crippen LogP contribution in [0.3, 0.4) is 0 Å². The molecule has 0 radical (unpaired) electrons. The van der Waals surface area contributed by atoms with Gasteiger partial charge in [0.2, 0.25) is 0 Å². The molecular weight excluding hydrogens is 234 g/mol. The Morgan fingerprint density at radius 1 is 1.39 bits per heavy atom. The molecule has 6 nitrogen and oxygen atoms in total. The number of carbonyl (C=O) groups is 2. The van der Waals surface area contributed by atoms with Crippen LogP contribution in [-0.4, -0.2) is 53.2 Å². The number of carbonyl (C=O) groups excluding carboxylic acids is 1. The molecule has 2 rings (SSSR count). The van der Waals surface area contributed by atoms with Gasteiger partial charge < -0.3 is 15.7 Å². The van der Waals surface area contributed by atoms with Gasteiger partial charge in [-0.3, -0.25) is 4.90 Å². The van der Waals surface area contributed by atoms with Crippen molar-refractivity contribution in [3.8, 4) is 0 Å². The number of carboxylic acid groups (broad SMARTS) is 1. The van der Waals surface area contributed by atoms with E-state index in [0.29, 0.717) is 25.4 Å². The molecule has 0 aromatic carbocycles. The molecule has 2 fully saturated rings. The maximum atomic E-state index is 11.6. The lowest BCUT2D eigenvalue weighted by Gasteiger charge is -2.20. The van der Waals surface area contributed by atoms with Crippen LogP contribution in [0.5, 0.6) is 0 Å². The van der Waals surface area contributed by atoms with Crippen molar-refractivity contribution in [2.75, 3.05) is 19.6 Å². The Balaban J connectivity index is 1.64. The fourth-order valence-corrected chi connectivity index (χ4v) is 2.13. The lowest BCUT2D eigenvalue weighted by atomic mass is 10.3. The van der Waals surface area contributed by atoms with Crippen molar-refractivity contribution in [1.82, 2.24) is 15.5 Å². The van der Waals surface area contributed by atoms with E-state index in [0.717, 1.165) is 13.1 Å². The van der Waals surface area contributed by atoms with Gasteiger partial charge in [-0.25, -0.2) is 9.59 Å². The number of nitrogens with zero attached hydrogens (tertiary/aromatic N) is 1. The topological polar surface area (TPSA) is 81.7 Å². The summed E-state index contributed by atoms with van der Waals surface area (Å²) in [7, 11) is 0. The number of urea groups is 1. The lowest BCUT2D eigenvalue weighted by Crippen LogP contribution is -2.49. The third kappa shape index (κ3) is 3.13. The normalized spacial score (nSPS) is 20.6. The van der Waals surface area contributed by atoms with E-state index in [4.69, 9.17) is 5.11 Å². The number of carboxylic acids is 1. The highest BCUT2D eigenvalue weighted by molar-refractivity contribution is 5.88. The maximum Gasteiger partial charge on any atom is 0.329 e. The Hall–Kier alpha value is -1.30. The SMILES string of the molecule is CCN(CCNC(=O)NC1(C(=O)O)CC1)C1CC1. The van der Waals surface area contributed by atoms with Crippen molar-refractivity contribution in [2.45, 2.75) is 44.2 Å². The van der Waals surface area contributed by atoms with E-state index in [1.807, 2.05) is 0 Å². The van der Waals surface area contributed by atoms with Crippen LogP contribution in [0.15, 0.2) is 0 Å². The molecule has 6 heteroatoms. The summed E-state index contributed by atoms with van der Waals surface area (Å²) >= 11 is 0. The van der Waals surface area contributed by atoms with E-state index in [1.165, 1.54) is 12.8 Å². The number of likely N-dealkylation sites (N-methyl/N-ethyl adjacent to an activating group) is 1. The summed E-state index contributed by atoms with van der Waals surface area (Å²) in [6.07, 6.45) is 3.56. The number of hydrogen-bond acceptors (Lipinski definition) is 3. The van der Waals surface area contributed by atoms with Gasteiger partial charge in [-0.05, 0) is 32.2 Å². The molecule has 0 heterocycles. The summed E-state index contributed by atoms with van der Waals surface area (Å²) in [6.45, 7) is 4.50. The predicted molar refractivity (Wildman–Crippen MR) is 66.4 cm³/mol. The molecule has 102 valence electrons. The number of hydrogen-bond donors (Lipinski definition) is 3. The summed E-state index contributed by atoms with van der Waals surface area (Å²) in [5.41, 5.74) is -0.995. The minimum Gasteiger partial charge on any atom is -0.480 e. The number of aliphatic carboxylic acids is 1. The molecule has 18 heavy (non-hydrogen) atoms. The third-order valence-corrected chi connectivity index (χ3v) is 3.67. The van der Waals surface area contributed by atoms with Crippen molar-refractivity contribution in [3.63, 3.8) is 0 Å². The minimum atomic E-state index is -0.995. The van der Waals surface area contributed by atoms with Crippen molar-refractivity contribution in [1.29, 1.82) is 0 Å². The molecule has 2 aliphatic rings. The van der Waals surface area contributed by atoms with Gasteiger partial charge in [0.05, 0.1) is 0 Å². The molecule has 0 atom stereocenters. The Labute approximate surface area is 107 Å². The molecule has 3 N–H and O–H groups in total. The number of nitrogens with one attached hydrogen (secondary N) is 2. The molecule has 0 spiro atoms. The van der Waals surface area contributed by atoms with Gasteiger partial charge in [0.25, 0.3) is 0 Å². The van der Waals surface area contributed by atoms with Gasteiger partial charge >= 0.3 is 12.0 Å². The van der Waals surface area contributed by atoms with Crippen LogP contribution in [0.25, 0.3) is 0 Å². The highest BCUT2D eigenvalue weighted by atomic mass is 16.4. The van der Waals surface area contributed by atoms with Gasteiger partial charge in [0, 0.05) is 19.1 Å². The van der Waals surface area contributed by atoms with Crippen LogP contribution in [0.2, 0.25) is 0 Å². The monoisotopic (exact) mass is 255 g/mol. The average molecular weight is 255 g/mol. The van der Waals surface area contributed by atoms with Crippen molar-refractivity contribution in [3.05, 3.63) is 0 Å². The molecule has 2 amide bonds. The van der Waals surface area contributed by atoms with E-state index in [9.17, 15) is 9.59 Å². The first kappa shape index (κ1) is 13.1. The van der Waals surface area contributed by atoms with Crippen molar-refractivity contribution in [2.24, 2.45) is 0 Å². The Morgan fingerprint density at radius 3 is 2.50 bits per heavy atom. The van der Waals surface area contributed by atoms with E-state index < -0.39 is 11.5 Å². The molecule has 0 aliphatic heterocycles. The van der Waals surface area contributed by atoms with E-state index >= 15 is 0 Å². The Bertz CT molecular complexity index is 337. The first-order valence-corrected chi connectivity index (χ1v) is 6.61. The fraction of sp³-hybridized carbons (Fsp3) is 0.833. The lowest BCUT2D eigenvalue weighted by molar-refractivity contribution is -0.140. The minimum absolute atomic E-state index is 0.373. The van der Waals surface area contributed by atoms with E-state index in [1.54, 1.807) is 0 Å². The second-order valence-corrected chi connectivity index (χ2v) is 5.13. The number of rotatable bonds is 7.